The smallest absolute Gasteiger partial charge is 0.0587 e. The first-order valence-electron chi connectivity index (χ1n) is 8.28. The molecule has 1 rings (SSSR count). The Morgan fingerprint density at radius 1 is 1.11 bits per heavy atom. The third-order valence-corrected chi connectivity index (χ3v) is 4.20. The van der Waals surface area contributed by atoms with Crippen LogP contribution < -0.4 is 5.32 Å². The minimum atomic E-state index is 0.830. The lowest BCUT2D eigenvalue weighted by molar-refractivity contribution is 0.171. The Hall–Kier alpha value is -0.120. The maximum Gasteiger partial charge on any atom is 0.0587 e. The first kappa shape index (κ1) is 16.9. The van der Waals surface area contributed by atoms with E-state index in [2.05, 4.69) is 17.1 Å². The fraction of sp³-hybridized carbons (Fsp3) is 1.00. The van der Waals surface area contributed by atoms with E-state index in [-0.39, 0.29) is 0 Å². The lowest BCUT2D eigenvalue weighted by Gasteiger charge is -2.32. The molecule has 1 fully saturated rings. The van der Waals surface area contributed by atoms with Crippen molar-refractivity contribution in [2.45, 2.75) is 51.9 Å². The molecule has 0 aromatic carbocycles. The number of methoxy groups -OCH3 is 1. The van der Waals surface area contributed by atoms with Gasteiger partial charge < -0.3 is 15.0 Å². The SMILES string of the molecule is CCCCCCCN1CCC(CNCCOC)CC1. The van der Waals surface area contributed by atoms with Gasteiger partial charge in [0.25, 0.3) is 0 Å². The van der Waals surface area contributed by atoms with Crippen molar-refractivity contribution in [1.29, 1.82) is 0 Å². The van der Waals surface area contributed by atoms with E-state index < -0.39 is 0 Å². The monoisotopic (exact) mass is 270 g/mol. The highest BCUT2D eigenvalue weighted by molar-refractivity contribution is 4.73. The summed E-state index contributed by atoms with van der Waals surface area (Å²) in [7, 11) is 1.76. The van der Waals surface area contributed by atoms with Crippen LogP contribution in [0.5, 0.6) is 0 Å². The number of ether oxygens (including phenoxy) is 1. The zero-order chi connectivity index (χ0) is 13.8. The van der Waals surface area contributed by atoms with Crippen molar-refractivity contribution in [1.82, 2.24) is 10.2 Å². The average molecular weight is 270 g/mol. The predicted molar refractivity (Wildman–Crippen MR) is 82.7 cm³/mol. The van der Waals surface area contributed by atoms with Gasteiger partial charge in [0.15, 0.2) is 0 Å². The molecule has 1 N–H and O–H groups in total. The molecule has 1 saturated heterocycles. The van der Waals surface area contributed by atoms with Crippen LogP contribution in [0.1, 0.15) is 51.9 Å². The van der Waals surface area contributed by atoms with Gasteiger partial charge in [0.05, 0.1) is 6.61 Å². The zero-order valence-corrected chi connectivity index (χ0v) is 13.1. The molecule has 1 heterocycles. The summed E-state index contributed by atoms with van der Waals surface area (Å²) in [6, 6.07) is 0. The van der Waals surface area contributed by atoms with Gasteiger partial charge >= 0.3 is 0 Å². The van der Waals surface area contributed by atoms with Gasteiger partial charge in [-0.3, -0.25) is 0 Å². The second-order valence-electron chi connectivity index (χ2n) is 5.90. The molecule has 3 nitrogen and oxygen atoms in total. The number of piperidine rings is 1. The quantitative estimate of drug-likeness (QED) is 0.584. The minimum absolute atomic E-state index is 0.830. The lowest BCUT2D eigenvalue weighted by Crippen LogP contribution is -2.38. The molecule has 1 aliphatic rings. The van der Waals surface area contributed by atoms with E-state index in [1.165, 1.54) is 71.1 Å². The molecular weight excluding hydrogens is 236 g/mol. The average Bonchev–Trinajstić information content (AvgIpc) is 2.45. The number of rotatable bonds is 11. The highest BCUT2D eigenvalue weighted by atomic mass is 16.5. The zero-order valence-electron chi connectivity index (χ0n) is 13.1. The number of nitrogens with one attached hydrogen (secondary N) is 1. The Balaban J connectivity index is 1.93. The van der Waals surface area contributed by atoms with Gasteiger partial charge in [-0.2, -0.15) is 0 Å². The molecule has 0 atom stereocenters. The topological polar surface area (TPSA) is 24.5 Å². The maximum absolute atomic E-state index is 5.05. The van der Waals surface area contributed by atoms with Crippen LogP contribution in [0.2, 0.25) is 0 Å². The molecule has 1 aliphatic heterocycles. The molecule has 0 spiro atoms. The van der Waals surface area contributed by atoms with E-state index >= 15 is 0 Å². The Morgan fingerprint density at radius 2 is 1.84 bits per heavy atom. The van der Waals surface area contributed by atoms with Crippen molar-refractivity contribution < 1.29 is 4.74 Å². The first-order valence-corrected chi connectivity index (χ1v) is 8.28. The van der Waals surface area contributed by atoms with Gasteiger partial charge in [0.2, 0.25) is 0 Å². The second kappa shape index (κ2) is 11.7. The number of unbranched alkanes of at least 4 members (excludes halogenated alkanes) is 4. The normalized spacial score (nSPS) is 18.0. The van der Waals surface area contributed by atoms with Gasteiger partial charge in [-0.1, -0.05) is 32.6 Å². The minimum Gasteiger partial charge on any atom is -0.383 e. The van der Waals surface area contributed by atoms with Crippen LogP contribution in [0.25, 0.3) is 0 Å². The van der Waals surface area contributed by atoms with E-state index in [0.717, 1.165) is 19.1 Å². The summed E-state index contributed by atoms with van der Waals surface area (Å²) < 4.78 is 5.05. The van der Waals surface area contributed by atoms with Crippen LogP contribution in [-0.4, -0.2) is 51.3 Å². The van der Waals surface area contributed by atoms with Crippen molar-refractivity contribution in [3.05, 3.63) is 0 Å². The van der Waals surface area contributed by atoms with Gasteiger partial charge in [-0.15, -0.1) is 0 Å². The predicted octanol–water partition coefficient (Wildman–Crippen LogP) is 2.90. The van der Waals surface area contributed by atoms with Crippen molar-refractivity contribution >= 4 is 0 Å². The molecule has 0 bridgehead atoms. The second-order valence-corrected chi connectivity index (χ2v) is 5.90. The number of likely N-dealkylation sites (tertiary alicyclic amines) is 1. The molecule has 3 heteroatoms. The number of nitrogens with zero attached hydrogens (tertiary/aromatic N) is 1. The van der Waals surface area contributed by atoms with Crippen LogP contribution in [0.4, 0.5) is 0 Å². The van der Waals surface area contributed by atoms with Crippen molar-refractivity contribution in [2.75, 3.05) is 46.4 Å². The molecule has 0 aromatic rings. The fourth-order valence-corrected chi connectivity index (χ4v) is 2.83. The molecule has 0 radical (unpaired) electrons. The largest absolute Gasteiger partial charge is 0.383 e. The Bertz CT molecular complexity index is 191. The molecule has 0 saturated carbocycles. The highest BCUT2D eigenvalue weighted by Crippen LogP contribution is 2.17. The van der Waals surface area contributed by atoms with E-state index in [1.54, 1.807) is 7.11 Å². The van der Waals surface area contributed by atoms with Crippen LogP contribution in [0.3, 0.4) is 0 Å². The van der Waals surface area contributed by atoms with Crippen LogP contribution in [0, 0.1) is 5.92 Å². The van der Waals surface area contributed by atoms with Crippen LogP contribution in [-0.2, 0) is 4.74 Å². The van der Waals surface area contributed by atoms with Gasteiger partial charge in [-0.25, -0.2) is 0 Å². The first-order chi connectivity index (χ1) is 9.36. The Kier molecular flexibility index (Phi) is 10.4. The van der Waals surface area contributed by atoms with Gasteiger partial charge in [0.1, 0.15) is 0 Å². The van der Waals surface area contributed by atoms with Crippen LogP contribution >= 0.6 is 0 Å². The molecule has 0 unspecified atom stereocenters. The van der Waals surface area contributed by atoms with Gasteiger partial charge in [-0.05, 0) is 51.4 Å². The number of hydrogen-bond acceptors (Lipinski definition) is 3. The molecule has 114 valence electrons. The summed E-state index contributed by atoms with van der Waals surface area (Å²) in [5.74, 6) is 0.883. The van der Waals surface area contributed by atoms with Crippen molar-refractivity contribution in [2.24, 2.45) is 5.92 Å². The van der Waals surface area contributed by atoms with E-state index in [9.17, 15) is 0 Å². The molecular formula is C16H34N2O. The summed E-state index contributed by atoms with van der Waals surface area (Å²) in [5.41, 5.74) is 0. The molecule has 19 heavy (non-hydrogen) atoms. The van der Waals surface area contributed by atoms with Crippen molar-refractivity contribution in [3.8, 4) is 0 Å². The third kappa shape index (κ3) is 8.61. The summed E-state index contributed by atoms with van der Waals surface area (Å²) in [6.45, 7) is 9.23. The van der Waals surface area contributed by atoms with E-state index in [4.69, 9.17) is 4.74 Å². The third-order valence-electron chi connectivity index (χ3n) is 4.20. The summed E-state index contributed by atoms with van der Waals surface area (Å²) in [5, 5.41) is 3.49. The maximum atomic E-state index is 5.05. The summed E-state index contributed by atoms with van der Waals surface area (Å²) in [6.07, 6.45) is 9.75. The van der Waals surface area contributed by atoms with E-state index in [0.29, 0.717) is 0 Å². The van der Waals surface area contributed by atoms with E-state index in [1.807, 2.05) is 0 Å². The molecule has 0 amide bonds. The fourth-order valence-electron chi connectivity index (χ4n) is 2.83. The van der Waals surface area contributed by atoms with Crippen molar-refractivity contribution in [3.63, 3.8) is 0 Å². The molecule has 0 aromatic heterocycles. The Morgan fingerprint density at radius 3 is 2.53 bits per heavy atom. The number of hydrogen-bond donors (Lipinski definition) is 1. The summed E-state index contributed by atoms with van der Waals surface area (Å²) >= 11 is 0. The van der Waals surface area contributed by atoms with Crippen LogP contribution in [0.15, 0.2) is 0 Å². The standard InChI is InChI=1S/C16H34N2O/c1-3-4-5-6-7-11-18-12-8-16(9-13-18)15-17-10-14-19-2/h16-17H,3-15H2,1-2H3. The highest BCUT2D eigenvalue weighted by Gasteiger charge is 2.18. The molecule has 0 aliphatic carbocycles. The van der Waals surface area contributed by atoms with Gasteiger partial charge in [0, 0.05) is 13.7 Å². The summed E-state index contributed by atoms with van der Waals surface area (Å²) in [4.78, 5) is 2.66. The lowest BCUT2D eigenvalue weighted by atomic mass is 9.96. The Labute approximate surface area is 120 Å².